The van der Waals surface area contributed by atoms with Crippen LogP contribution in [0, 0.1) is 20.2 Å². The number of non-ortho nitro benzene ring substituents is 1. The van der Waals surface area contributed by atoms with Gasteiger partial charge in [-0.25, -0.2) is 0 Å². The summed E-state index contributed by atoms with van der Waals surface area (Å²) in [6, 6.07) is 3.19. The third-order valence-electron chi connectivity index (χ3n) is 2.60. The van der Waals surface area contributed by atoms with Gasteiger partial charge in [0.25, 0.3) is 5.69 Å². The van der Waals surface area contributed by atoms with E-state index in [0.717, 1.165) is 29.2 Å². The SMILES string of the molecule is O=C(Cn1cc([N+](=O)[O-])cn1)Nc1ccc([N+](=O)[O-])cc1O. The number of phenolic OH excluding ortho intramolecular Hbond substituents is 1. The van der Waals surface area contributed by atoms with Crippen LogP contribution in [0.5, 0.6) is 5.75 Å². The van der Waals surface area contributed by atoms with Crippen LogP contribution in [0.4, 0.5) is 17.1 Å². The molecule has 1 aromatic carbocycles. The zero-order valence-corrected chi connectivity index (χ0v) is 10.9. The number of carbonyl (C=O) groups is 1. The fourth-order valence-corrected chi connectivity index (χ4v) is 1.61. The number of nitro groups is 2. The van der Waals surface area contributed by atoms with Gasteiger partial charge in [0.05, 0.1) is 21.6 Å². The van der Waals surface area contributed by atoms with Gasteiger partial charge in [0.1, 0.15) is 24.7 Å². The minimum Gasteiger partial charge on any atom is -0.506 e. The summed E-state index contributed by atoms with van der Waals surface area (Å²) in [6.07, 6.45) is 2.08. The van der Waals surface area contributed by atoms with Crippen LogP contribution in [0.1, 0.15) is 0 Å². The van der Waals surface area contributed by atoms with Gasteiger partial charge in [0.2, 0.25) is 5.91 Å². The molecule has 2 N–H and O–H groups in total. The quantitative estimate of drug-likeness (QED) is 0.475. The molecule has 22 heavy (non-hydrogen) atoms. The second-order valence-corrected chi connectivity index (χ2v) is 4.16. The van der Waals surface area contributed by atoms with Gasteiger partial charge >= 0.3 is 5.69 Å². The van der Waals surface area contributed by atoms with Crippen molar-refractivity contribution in [2.75, 3.05) is 5.32 Å². The molecule has 2 rings (SSSR count). The van der Waals surface area contributed by atoms with Crippen LogP contribution < -0.4 is 5.32 Å². The number of carbonyl (C=O) groups excluding carboxylic acids is 1. The summed E-state index contributed by atoms with van der Waals surface area (Å²) < 4.78 is 1.05. The second-order valence-electron chi connectivity index (χ2n) is 4.16. The molecule has 1 amide bonds. The van der Waals surface area contributed by atoms with Gasteiger partial charge in [-0.05, 0) is 6.07 Å². The lowest BCUT2D eigenvalue weighted by Crippen LogP contribution is -2.19. The van der Waals surface area contributed by atoms with Crippen LogP contribution in [0.25, 0.3) is 0 Å². The van der Waals surface area contributed by atoms with Crippen LogP contribution >= 0.6 is 0 Å². The Hall–Kier alpha value is -3.50. The van der Waals surface area contributed by atoms with Gasteiger partial charge in [-0.2, -0.15) is 5.10 Å². The van der Waals surface area contributed by atoms with E-state index in [-0.39, 0.29) is 23.6 Å². The van der Waals surface area contributed by atoms with Gasteiger partial charge < -0.3 is 10.4 Å². The molecule has 0 fully saturated rings. The Bertz CT molecular complexity index is 755. The summed E-state index contributed by atoms with van der Waals surface area (Å²) in [5, 5.41) is 36.6. The highest BCUT2D eigenvalue weighted by molar-refractivity contribution is 5.92. The number of nitrogens with zero attached hydrogens (tertiary/aromatic N) is 4. The average Bonchev–Trinajstić information content (AvgIpc) is 2.89. The van der Waals surface area contributed by atoms with E-state index in [1.165, 1.54) is 6.07 Å². The first-order valence-corrected chi connectivity index (χ1v) is 5.81. The van der Waals surface area contributed by atoms with Crippen LogP contribution in [-0.2, 0) is 11.3 Å². The fraction of sp³-hybridized carbons (Fsp3) is 0.0909. The third-order valence-corrected chi connectivity index (χ3v) is 2.60. The molecule has 1 aromatic heterocycles. The Kier molecular flexibility index (Phi) is 3.97. The number of nitrogens with one attached hydrogen (secondary N) is 1. The molecular formula is C11H9N5O6. The third kappa shape index (κ3) is 3.33. The smallest absolute Gasteiger partial charge is 0.307 e. The molecular weight excluding hydrogens is 298 g/mol. The fourth-order valence-electron chi connectivity index (χ4n) is 1.61. The largest absolute Gasteiger partial charge is 0.506 e. The Labute approximate surface area is 122 Å². The highest BCUT2D eigenvalue weighted by atomic mass is 16.6. The zero-order chi connectivity index (χ0) is 16.3. The monoisotopic (exact) mass is 307 g/mol. The normalized spacial score (nSPS) is 10.2. The van der Waals surface area contributed by atoms with E-state index in [1.54, 1.807) is 0 Å². The van der Waals surface area contributed by atoms with Crippen molar-refractivity contribution in [2.45, 2.75) is 6.54 Å². The molecule has 1 heterocycles. The van der Waals surface area contributed by atoms with Gasteiger partial charge in [-0.1, -0.05) is 0 Å². The number of aromatic hydroxyl groups is 1. The van der Waals surface area contributed by atoms with E-state index in [4.69, 9.17) is 0 Å². The molecule has 0 saturated heterocycles. The number of anilines is 1. The Balaban J connectivity index is 2.05. The first-order valence-electron chi connectivity index (χ1n) is 5.81. The minimum absolute atomic E-state index is 0.0164. The van der Waals surface area contributed by atoms with Crippen LogP contribution in [0.2, 0.25) is 0 Å². The molecule has 0 aliphatic heterocycles. The molecule has 2 aromatic rings. The summed E-state index contributed by atoms with van der Waals surface area (Å²) in [5.41, 5.74) is -0.596. The number of rotatable bonds is 5. The number of hydrogen-bond acceptors (Lipinski definition) is 7. The van der Waals surface area contributed by atoms with E-state index in [0.29, 0.717) is 0 Å². The minimum atomic E-state index is -0.686. The first-order chi connectivity index (χ1) is 10.4. The number of aromatic nitrogens is 2. The van der Waals surface area contributed by atoms with Gasteiger partial charge in [0, 0.05) is 6.07 Å². The molecule has 0 unspecified atom stereocenters. The van der Waals surface area contributed by atoms with E-state index in [2.05, 4.69) is 10.4 Å². The van der Waals surface area contributed by atoms with Crippen LogP contribution in [0.15, 0.2) is 30.6 Å². The Morgan fingerprint density at radius 2 is 1.95 bits per heavy atom. The summed E-state index contributed by atoms with van der Waals surface area (Å²) in [7, 11) is 0. The lowest BCUT2D eigenvalue weighted by molar-refractivity contribution is -0.385. The number of hydrogen-bond donors (Lipinski definition) is 2. The van der Waals surface area contributed by atoms with Crippen molar-refractivity contribution in [3.8, 4) is 5.75 Å². The van der Waals surface area contributed by atoms with Gasteiger partial charge in [0.15, 0.2) is 0 Å². The second kappa shape index (κ2) is 5.87. The molecule has 0 atom stereocenters. The number of benzene rings is 1. The molecule has 11 heteroatoms. The Morgan fingerprint density at radius 1 is 1.27 bits per heavy atom. The van der Waals surface area contributed by atoms with Crippen molar-refractivity contribution in [2.24, 2.45) is 0 Å². The van der Waals surface area contributed by atoms with Crippen molar-refractivity contribution in [1.82, 2.24) is 9.78 Å². The highest BCUT2D eigenvalue weighted by Gasteiger charge is 2.14. The standard InChI is InChI=1S/C11H9N5O6/c17-10-3-7(15(19)20)1-2-9(10)13-11(18)6-14-5-8(4-12-14)16(21)22/h1-5,17H,6H2,(H,13,18). The molecule has 11 nitrogen and oxygen atoms in total. The molecule has 0 aliphatic rings. The van der Waals surface area contributed by atoms with E-state index < -0.39 is 21.5 Å². The summed E-state index contributed by atoms with van der Waals surface area (Å²) >= 11 is 0. The van der Waals surface area contributed by atoms with Crippen LogP contribution in [0.3, 0.4) is 0 Å². The molecule has 0 bridgehead atoms. The van der Waals surface area contributed by atoms with Gasteiger partial charge in [-0.3, -0.25) is 29.7 Å². The lowest BCUT2D eigenvalue weighted by atomic mass is 10.2. The number of phenols is 1. The topological polar surface area (TPSA) is 153 Å². The van der Waals surface area contributed by atoms with Crippen LogP contribution in [-0.4, -0.2) is 30.6 Å². The predicted molar refractivity (Wildman–Crippen MR) is 72.3 cm³/mol. The van der Waals surface area contributed by atoms with Crippen molar-refractivity contribution >= 4 is 23.0 Å². The first kappa shape index (κ1) is 14.9. The molecule has 0 spiro atoms. The lowest BCUT2D eigenvalue weighted by Gasteiger charge is -2.07. The van der Waals surface area contributed by atoms with Crippen molar-refractivity contribution in [1.29, 1.82) is 0 Å². The maximum absolute atomic E-state index is 11.7. The van der Waals surface area contributed by atoms with Crippen molar-refractivity contribution in [3.63, 3.8) is 0 Å². The van der Waals surface area contributed by atoms with Crippen molar-refractivity contribution < 1.29 is 19.7 Å². The van der Waals surface area contributed by atoms with Gasteiger partial charge in [-0.15, -0.1) is 0 Å². The van der Waals surface area contributed by atoms with E-state index >= 15 is 0 Å². The van der Waals surface area contributed by atoms with E-state index in [9.17, 15) is 30.1 Å². The number of nitro benzene ring substituents is 1. The van der Waals surface area contributed by atoms with Crippen molar-refractivity contribution in [3.05, 3.63) is 50.8 Å². The molecule has 0 saturated carbocycles. The Morgan fingerprint density at radius 3 is 2.50 bits per heavy atom. The average molecular weight is 307 g/mol. The summed E-state index contributed by atoms with van der Waals surface area (Å²) in [6.45, 7) is -0.315. The molecule has 0 aliphatic carbocycles. The summed E-state index contributed by atoms with van der Waals surface area (Å²) in [5.74, 6) is -1.07. The molecule has 0 radical (unpaired) electrons. The molecule has 114 valence electrons. The highest BCUT2D eigenvalue weighted by Crippen LogP contribution is 2.27. The zero-order valence-electron chi connectivity index (χ0n) is 10.9. The maximum atomic E-state index is 11.7. The summed E-state index contributed by atoms with van der Waals surface area (Å²) in [4.78, 5) is 31.4. The number of amides is 1. The van der Waals surface area contributed by atoms with E-state index in [1.807, 2.05) is 0 Å². The predicted octanol–water partition coefficient (Wildman–Crippen LogP) is 1.04. The maximum Gasteiger partial charge on any atom is 0.307 e.